The lowest BCUT2D eigenvalue weighted by molar-refractivity contribution is 0.465. The molecule has 0 radical (unpaired) electrons. The normalized spacial score (nSPS) is 14.4. The molecule has 0 unspecified atom stereocenters. The molecule has 0 aliphatic carbocycles. The van der Waals surface area contributed by atoms with Gasteiger partial charge in [0.1, 0.15) is 45.3 Å². The fraction of sp³-hybridized carbons (Fsp3) is 0. The van der Waals surface area contributed by atoms with Gasteiger partial charge < -0.3 is 22.9 Å². The van der Waals surface area contributed by atoms with E-state index < -0.39 is 0 Å². The van der Waals surface area contributed by atoms with Crippen LogP contribution in [0.5, 0.6) is 23.0 Å². The third-order valence-electron chi connectivity index (χ3n) is 11.7. The summed E-state index contributed by atoms with van der Waals surface area (Å²) in [5.74, 6) is 3.40. The van der Waals surface area contributed by atoms with Crippen LogP contribution in [0.15, 0.2) is 124 Å². The molecule has 0 atom stereocenters. The Morgan fingerprint density at radius 1 is 0.408 bits per heavy atom. The average molecular weight is 623 g/mol. The molecule has 0 saturated heterocycles. The third-order valence-corrected chi connectivity index (χ3v) is 11.7. The van der Waals surface area contributed by atoms with Crippen LogP contribution < -0.4 is 42.3 Å². The van der Waals surface area contributed by atoms with Crippen LogP contribution in [0.4, 0.5) is 0 Å². The van der Waals surface area contributed by atoms with Crippen LogP contribution in [0.2, 0.25) is 0 Å². The van der Waals surface area contributed by atoms with Gasteiger partial charge in [-0.1, -0.05) is 72.8 Å². The van der Waals surface area contributed by atoms with E-state index in [-0.39, 0.29) is 13.4 Å². The summed E-state index contributed by atoms with van der Waals surface area (Å²) in [4.78, 5) is 0. The summed E-state index contributed by atoms with van der Waals surface area (Å²) in [6.45, 7) is -0.181. The maximum Gasteiger partial charge on any atom is 0.261 e. The zero-order valence-electron chi connectivity index (χ0n) is 25.7. The highest BCUT2D eigenvalue weighted by molar-refractivity contribution is 7.04. The highest BCUT2D eigenvalue weighted by Crippen LogP contribution is 2.46. The maximum atomic E-state index is 6.88. The number of rotatable bonds is 0. The van der Waals surface area contributed by atoms with Gasteiger partial charge in [0, 0.05) is 44.1 Å². The summed E-state index contributed by atoms with van der Waals surface area (Å²) in [5.41, 5.74) is 14.2. The molecule has 14 rings (SSSR count). The second-order valence-electron chi connectivity index (χ2n) is 13.9. The molecular weight excluding hydrogens is 604 g/mol. The summed E-state index contributed by atoms with van der Waals surface area (Å²) in [6, 6.07) is 40.7. The number of ether oxygens (including phenoxy) is 2. The molecule has 7 aromatic carbocycles. The average Bonchev–Trinajstić information content (AvgIpc) is 3.81. The van der Waals surface area contributed by atoms with Gasteiger partial charge >= 0.3 is 0 Å². The quantitative estimate of drug-likeness (QED) is 0.182. The summed E-state index contributed by atoms with van der Waals surface area (Å²) >= 11 is 0. The van der Waals surface area contributed by atoms with Crippen molar-refractivity contribution in [2.45, 2.75) is 0 Å². The van der Waals surface area contributed by atoms with E-state index in [0.717, 1.165) is 83.5 Å². The highest BCUT2D eigenvalue weighted by atomic mass is 16.5. The third kappa shape index (κ3) is 2.51. The van der Waals surface area contributed by atoms with Gasteiger partial charge in [0.25, 0.3) is 13.4 Å². The van der Waals surface area contributed by atoms with E-state index in [1.54, 1.807) is 0 Å². The van der Waals surface area contributed by atoms with Crippen molar-refractivity contribution in [1.82, 2.24) is 4.57 Å². The summed E-state index contributed by atoms with van der Waals surface area (Å²) in [7, 11) is 0. The second-order valence-corrected chi connectivity index (χ2v) is 13.9. The van der Waals surface area contributed by atoms with Gasteiger partial charge in [-0.3, -0.25) is 0 Å². The molecule has 3 aromatic heterocycles. The smallest absolute Gasteiger partial charge is 0.261 e. The zero-order chi connectivity index (χ0) is 31.3. The Kier molecular flexibility index (Phi) is 3.75. The molecule has 5 nitrogen and oxygen atoms in total. The van der Waals surface area contributed by atoms with Gasteiger partial charge in [0.05, 0.1) is 11.0 Å². The Morgan fingerprint density at radius 3 is 1.41 bits per heavy atom. The van der Waals surface area contributed by atoms with Crippen LogP contribution in [0, 0.1) is 0 Å². The van der Waals surface area contributed by atoms with E-state index in [4.69, 9.17) is 18.3 Å². The zero-order valence-corrected chi connectivity index (χ0v) is 25.7. The fourth-order valence-corrected chi connectivity index (χ4v) is 9.90. The summed E-state index contributed by atoms with van der Waals surface area (Å²) in [6.07, 6.45) is 0. The maximum absolute atomic E-state index is 6.88. The fourth-order valence-electron chi connectivity index (χ4n) is 9.90. The topological polar surface area (TPSA) is 49.7 Å². The molecule has 222 valence electrons. The minimum absolute atomic E-state index is 0.0907. The van der Waals surface area contributed by atoms with Gasteiger partial charge in [-0.25, -0.2) is 0 Å². The van der Waals surface area contributed by atoms with Crippen LogP contribution in [0.3, 0.4) is 0 Å². The minimum atomic E-state index is -0.0907. The monoisotopic (exact) mass is 623 g/mol. The number of benzene rings is 7. The standard InChI is InChI=1S/C42H19B2NO4/c1-5-13-28-20(9-1)24-17-22-23-18-25-21-10-2-6-14-29(21)49-42(25)37-39(23)45-38(22)36(41(24)48-28)43-26-11-3-7-15-30(26)46-32-19-33-35(40(45)34(32)43)44(37)27-12-4-8-16-31(27)47-33/h1-19H. The largest absolute Gasteiger partial charge is 0.458 e. The van der Waals surface area contributed by atoms with Gasteiger partial charge in [0.15, 0.2) is 0 Å². The number of fused-ring (bicyclic) bond motifs is 15. The predicted molar refractivity (Wildman–Crippen MR) is 198 cm³/mol. The minimum Gasteiger partial charge on any atom is -0.458 e. The number of hydrogen-bond donors (Lipinski definition) is 0. The number of hydrogen-bond acceptors (Lipinski definition) is 4. The Morgan fingerprint density at radius 2 is 0.878 bits per heavy atom. The predicted octanol–water partition coefficient (Wildman–Crippen LogP) is 6.45. The van der Waals surface area contributed by atoms with Crippen molar-refractivity contribution >= 4 is 112 Å². The summed E-state index contributed by atoms with van der Waals surface area (Å²) < 4.78 is 29.9. The molecular formula is C42H19B2NO4. The first-order valence-electron chi connectivity index (χ1n) is 16.8. The summed E-state index contributed by atoms with van der Waals surface area (Å²) in [5, 5.41) is 6.97. The molecule has 0 saturated carbocycles. The first kappa shape index (κ1) is 23.9. The van der Waals surface area contributed by atoms with Crippen molar-refractivity contribution in [1.29, 1.82) is 0 Å². The van der Waals surface area contributed by atoms with Crippen LogP contribution >= 0.6 is 0 Å². The van der Waals surface area contributed by atoms with Gasteiger partial charge in [0.2, 0.25) is 0 Å². The van der Waals surface area contributed by atoms with Crippen molar-refractivity contribution in [2.24, 2.45) is 0 Å². The Balaban J connectivity index is 1.32. The molecule has 4 aliphatic rings. The number of aromatic nitrogens is 1. The molecule has 10 aromatic rings. The molecule has 0 N–H and O–H groups in total. The molecule has 0 fully saturated rings. The Hall–Kier alpha value is -6.33. The highest BCUT2D eigenvalue weighted by Gasteiger charge is 2.50. The SMILES string of the molecule is c1ccc2c(c1)Oc1cc3c4c5c1B2c1c2oc6ccccc6c2cc2c6cc7c(oc8ccccc87)c(c6n-5c12)B4c1ccccc1O3. The number of para-hydroxylation sites is 4. The van der Waals surface area contributed by atoms with E-state index in [9.17, 15) is 0 Å². The van der Waals surface area contributed by atoms with Crippen molar-refractivity contribution in [2.75, 3.05) is 0 Å². The van der Waals surface area contributed by atoms with Crippen LogP contribution in [0.1, 0.15) is 0 Å². The van der Waals surface area contributed by atoms with E-state index in [0.29, 0.717) is 0 Å². The van der Waals surface area contributed by atoms with E-state index in [1.807, 2.05) is 0 Å². The molecule has 4 aliphatic heterocycles. The van der Waals surface area contributed by atoms with Crippen molar-refractivity contribution < 1.29 is 18.3 Å². The molecule has 49 heavy (non-hydrogen) atoms. The van der Waals surface area contributed by atoms with Crippen molar-refractivity contribution in [3.63, 3.8) is 0 Å². The lowest BCUT2D eigenvalue weighted by Crippen LogP contribution is -2.65. The number of nitrogens with zero attached hydrogens (tertiary/aromatic N) is 1. The first-order valence-corrected chi connectivity index (χ1v) is 16.8. The molecule has 7 heteroatoms. The lowest BCUT2D eigenvalue weighted by Gasteiger charge is -2.40. The van der Waals surface area contributed by atoms with Crippen molar-refractivity contribution in [3.05, 3.63) is 115 Å². The Bertz CT molecular complexity index is 3050. The Labute approximate surface area is 278 Å². The van der Waals surface area contributed by atoms with E-state index in [2.05, 4.69) is 120 Å². The van der Waals surface area contributed by atoms with Gasteiger partial charge in [-0.05, 0) is 69.2 Å². The van der Waals surface area contributed by atoms with Gasteiger partial charge in [-0.15, -0.1) is 0 Å². The van der Waals surface area contributed by atoms with Crippen LogP contribution in [-0.4, -0.2) is 18.0 Å². The molecule has 0 spiro atoms. The van der Waals surface area contributed by atoms with Crippen LogP contribution in [0.25, 0.3) is 71.4 Å². The first-order chi connectivity index (χ1) is 24.3. The second kappa shape index (κ2) is 7.69. The molecule has 7 heterocycles. The van der Waals surface area contributed by atoms with Crippen LogP contribution in [-0.2, 0) is 0 Å². The van der Waals surface area contributed by atoms with Gasteiger partial charge in [-0.2, -0.15) is 0 Å². The molecule has 0 bridgehead atoms. The van der Waals surface area contributed by atoms with E-state index in [1.165, 1.54) is 43.7 Å². The molecule has 0 amide bonds. The van der Waals surface area contributed by atoms with E-state index >= 15 is 0 Å². The number of furan rings is 2. The van der Waals surface area contributed by atoms with Crippen molar-refractivity contribution in [3.8, 4) is 28.7 Å². The lowest BCUT2D eigenvalue weighted by atomic mass is 9.30.